The highest BCUT2D eigenvalue weighted by atomic mass is 32.2. The summed E-state index contributed by atoms with van der Waals surface area (Å²) in [5.41, 5.74) is 2.10. The maximum Gasteiger partial charge on any atom is 0.266 e. The summed E-state index contributed by atoms with van der Waals surface area (Å²) in [4.78, 5) is 20.7. The summed E-state index contributed by atoms with van der Waals surface area (Å²) in [6.07, 6.45) is 1.52. The molecule has 1 saturated heterocycles. The summed E-state index contributed by atoms with van der Waals surface area (Å²) < 4.78 is 12.9. The van der Waals surface area contributed by atoms with Crippen LogP contribution in [0, 0.1) is 25.2 Å². The highest BCUT2D eigenvalue weighted by Gasteiger charge is 2.27. The standard InChI is InChI=1S/C23H22N8O3S/c1-15-12-16(2)31(28-15)19-5-6-20(27-26-19)35-14-21(32)29-7-9-30(10-8-29)23-17(13-24)25-22(34-23)18-4-3-11-33-18/h3-6,11-12H,7-10,14H2,1-2H3. The highest BCUT2D eigenvalue weighted by molar-refractivity contribution is 7.99. The Balaban J connectivity index is 1.15. The molecule has 1 aliphatic rings. The molecule has 1 aliphatic heterocycles. The van der Waals surface area contributed by atoms with E-state index in [0.29, 0.717) is 48.7 Å². The maximum atomic E-state index is 12.8. The number of rotatable bonds is 6. The summed E-state index contributed by atoms with van der Waals surface area (Å²) >= 11 is 1.35. The molecule has 35 heavy (non-hydrogen) atoms. The van der Waals surface area contributed by atoms with Gasteiger partial charge in [-0.15, -0.1) is 10.2 Å². The molecule has 1 amide bonds. The summed E-state index contributed by atoms with van der Waals surface area (Å²) in [7, 11) is 0. The van der Waals surface area contributed by atoms with Gasteiger partial charge in [0.25, 0.3) is 5.89 Å². The molecular formula is C23H22N8O3S. The first kappa shape index (κ1) is 22.7. The molecule has 11 nitrogen and oxygen atoms in total. The average molecular weight is 491 g/mol. The Bertz CT molecular complexity index is 1360. The number of piperazine rings is 1. The summed E-state index contributed by atoms with van der Waals surface area (Å²) in [5, 5.41) is 23.0. The molecule has 0 bridgehead atoms. The number of amides is 1. The van der Waals surface area contributed by atoms with Gasteiger partial charge < -0.3 is 18.6 Å². The molecule has 0 aromatic carbocycles. The van der Waals surface area contributed by atoms with Crippen LogP contribution >= 0.6 is 11.8 Å². The van der Waals surface area contributed by atoms with Crippen LogP contribution in [0.3, 0.4) is 0 Å². The van der Waals surface area contributed by atoms with Crippen LogP contribution in [-0.2, 0) is 4.79 Å². The van der Waals surface area contributed by atoms with E-state index in [1.165, 1.54) is 18.0 Å². The molecule has 1 fully saturated rings. The predicted molar refractivity (Wildman–Crippen MR) is 127 cm³/mol. The number of nitrogens with zero attached hydrogens (tertiary/aromatic N) is 8. The third-order valence-electron chi connectivity index (χ3n) is 5.56. The normalized spacial score (nSPS) is 13.7. The third-order valence-corrected chi connectivity index (χ3v) is 6.47. The molecule has 0 N–H and O–H groups in total. The van der Waals surface area contributed by atoms with Gasteiger partial charge in [-0.3, -0.25) is 4.79 Å². The first-order valence-corrected chi connectivity index (χ1v) is 12.0. The number of anilines is 1. The molecular weight excluding hydrogens is 468 g/mol. The van der Waals surface area contributed by atoms with Gasteiger partial charge in [0, 0.05) is 31.9 Å². The highest BCUT2D eigenvalue weighted by Crippen LogP contribution is 2.29. The van der Waals surface area contributed by atoms with Gasteiger partial charge in [-0.25, -0.2) is 4.68 Å². The second kappa shape index (κ2) is 9.63. The van der Waals surface area contributed by atoms with E-state index in [9.17, 15) is 10.1 Å². The van der Waals surface area contributed by atoms with Crippen LogP contribution in [0.2, 0.25) is 0 Å². The van der Waals surface area contributed by atoms with Crippen molar-refractivity contribution in [2.75, 3.05) is 36.8 Å². The van der Waals surface area contributed by atoms with Gasteiger partial charge in [0.05, 0.1) is 17.7 Å². The van der Waals surface area contributed by atoms with Crippen molar-refractivity contribution < 1.29 is 13.6 Å². The number of oxazole rings is 1. The monoisotopic (exact) mass is 490 g/mol. The second-order valence-corrected chi connectivity index (χ2v) is 8.98. The van der Waals surface area contributed by atoms with Crippen LogP contribution in [-0.4, -0.2) is 67.7 Å². The molecule has 4 aromatic heterocycles. The first-order valence-electron chi connectivity index (χ1n) is 11.0. The summed E-state index contributed by atoms with van der Waals surface area (Å²) in [6.45, 7) is 6.00. The van der Waals surface area contributed by atoms with Crippen molar-refractivity contribution in [3.05, 3.63) is 53.7 Å². The largest absolute Gasteiger partial charge is 0.459 e. The van der Waals surface area contributed by atoms with Crippen LogP contribution in [0.1, 0.15) is 17.1 Å². The number of aryl methyl sites for hydroxylation is 2. The molecule has 4 aromatic rings. The van der Waals surface area contributed by atoms with E-state index in [1.807, 2.05) is 36.9 Å². The molecule has 178 valence electrons. The van der Waals surface area contributed by atoms with E-state index < -0.39 is 0 Å². The smallest absolute Gasteiger partial charge is 0.266 e. The second-order valence-electron chi connectivity index (χ2n) is 7.99. The van der Waals surface area contributed by atoms with E-state index in [2.05, 4.69) is 26.3 Å². The number of hydrogen-bond donors (Lipinski definition) is 0. The van der Waals surface area contributed by atoms with E-state index in [1.54, 1.807) is 21.7 Å². The third kappa shape index (κ3) is 4.76. The van der Waals surface area contributed by atoms with Crippen molar-refractivity contribution in [2.24, 2.45) is 0 Å². The predicted octanol–water partition coefficient (Wildman–Crippen LogP) is 2.84. The number of furan rings is 1. The van der Waals surface area contributed by atoms with E-state index >= 15 is 0 Å². The van der Waals surface area contributed by atoms with Crippen LogP contribution in [0.15, 0.2) is 50.5 Å². The zero-order chi connectivity index (χ0) is 24.4. The van der Waals surface area contributed by atoms with Crippen molar-refractivity contribution >= 4 is 23.6 Å². The SMILES string of the molecule is Cc1cc(C)n(-c2ccc(SCC(=O)N3CCN(c4oc(-c5ccco5)nc4C#N)CC3)nn2)n1. The van der Waals surface area contributed by atoms with E-state index in [0.717, 1.165) is 11.4 Å². The number of hydrogen-bond acceptors (Lipinski definition) is 10. The molecule has 5 rings (SSSR count). The molecule has 5 heterocycles. The fraction of sp³-hybridized carbons (Fsp3) is 0.304. The number of carbonyl (C=O) groups excluding carboxylic acids is 1. The Kier molecular flexibility index (Phi) is 6.24. The Morgan fingerprint density at radius 1 is 1.17 bits per heavy atom. The van der Waals surface area contributed by atoms with E-state index in [4.69, 9.17) is 8.83 Å². The lowest BCUT2D eigenvalue weighted by molar-refractivity contribution is -0.128. The van der Waals surface area contributed by atoms with Gasteiger partial charge >= 0.3 is 0 Å². The zero-order valence-electron chi connectivity index (χ0n) is 19.2. The topological polar surface area (TPSA) is 130 Å². The minimum Gasteiger partial charge on any atom is -0.459 e. The fourth-order valence-corrected chi connectivity index (χ4v) is 4.57. The van der Waals surface area contributed by atoms with Crippen LogP contribution in [0.4, 0.5) is 5.88 Å². The van der Waals surface area contributed by atoms with Crippen LogP contribution in [0.5, 0.6) is 0 Å². The lowest BCUT2D eigenvalue weighted by atomic mass is 10.3. The molecule has 0 atom stereocenters. The van der Waals surface area contributed by atoms with Gasteiger partial charge in [-0.05, 0) is 44.2 Å². The van der Waals surface area contributed by atoms with Gasteiger partial charge in [0.15, 0.2) is 11.6 Å². The van der Waals surface area contributed by atoms with Crippen LogP contribution in [0.25, 0.3) is 17.5 Å². The lowest BCUT2D eigenvalue weighted by Gasteiger charge is -2.34. The number of carbonyl (C=O) groups is 1. The van der Waals surface area contributed by atoms with Crippen molar-refractivity contribution in [2.45, 2.75) is 18.9 Å². The Morgan fingerprint density at radius 2 is 2.00 bits per heavy atom. The summed E-state index contributed by atoms with van der Waals surface area (Å²) in [5.74, 6) is 2.06. The average Bonchev–Trinajstić information content (AvgIpc) is 3.62. The zero-order valence-corrected chi connectivity index (χ0v) is 20.0. The van der Waals surface area contributed by atoms with Gasteiger partial charge in [0.2, 0.25) is 17.5 Å². The minimum absolute atomic E-state index is 0.0217. The molecule has 0 radical (unpaired) electrons. The molecule has 12 heteroatoms. The fourth-order valence-electron chi connectivity index (χ4n) is 3.85. The Labute approximate surface area is 205 Å². The Hall–Kier alpha value is -4.11. The number of nitriles is 1. The maximum absolute atomic E-state index is 12.8. The number of thioether (sulfide) groups is 1. The van der Waals surface area contributed by atoms with Crippen molar-refractivity contribution in [3.63, 3.8) is 0 Å². The van der Waals surface area contributed by atoms with E-state index in [-0.39, 0.29) is 23.2 Å². The quantitative estimate of drug-likeness (QED) is 0.372. The Morgan fingerprint density at radius 3 is 2.63 bits per heavy atom. The lowest BCUT2D eigenvalue weighted by Crippen LogP contribution is -2.49. The van der Waals surface area contributed by atoms with Gasteiger partial charge in [-0.2, -0.15) is 15.3 Å². The van der Waals surface area contributed by atoms with Crippen LogP contribution < -0.4 is 4.90 Å². The van der Waals surface area contributed by atoms with Gasteiger partial charge in [-0.1, -0.05) is 11.8 Å². The molecule has 0 spiro atoms. The van der Waals surface area contributed by atoms with Crippen molar-refractivity contribution in [1.82, 2.24) is 29.9 Å². The van der Waals surface area contributed by atoms with Crippen molar-refractivity contribution in [1.29, 1.82) is 5.26 Å². The number of aromatic nitrogens is 5. The van der Waals surface area contributed by atoms with Gasteiger partial charge in [0.1, 0.15) is 11.1 Å². The molecule has 0 aliphatic carbocycles. The molecule has 0 unspecified atom stereocenters. The first-order chi connectivity index (χ1) is 17.0. The minimum atomic E-state index is 0.0217. The van der Waals surface area contributed by atoms with Crippen molar-refractivity contribution in [3.8, 4) is 23.5 Å². The summed E-state index contributed by atoms with van der Waals surface area (Å²) in [6, 6.07) is 11.2. The molecule has 0 saturated carbocycles.